The van der Waals surface area contributed by atoms with E-state index in [-0.39, 0.29) is 0 Å². The fourth-order valence-electron chi connectivity index (χ4n) is 7.61. The van der Waals surface area contributed by atoms with Crippen molar-refractivity contribution in [3.8, 4) is 28.1 Å². The minimum atomic E-state index is 1.01. The van der Waals surface area contributed by atoms with Gasteiger partial charge in [0.1, 0.15) is 0 Å². The van der Waals surface area contributed by atoms with Crippen LogP contribution in [-0.4, -0.2) is 9.55 Å². The molecule has 0 bridgehead atoms. The van der Waals surface area contributed by atoms with Crippen molar-refractivity contribution in [1.82, 2.24) is 9.55 Å². The van der Waals surface area contributed by atoms with Crippen molar-refractivity contribution >= 4 is 65.0 Å². The number of para-hydroxylation sites is 2. The average molecular weight is 597 g/mol. The Kier molecular flexibility index (Phi) is 5.61. The lowest BCUT2D eigenvalue weighted by Crippen LogP contribution is -1.95. The quantitative estimate of drug-likeness (QED) is 0.186. The molecule has 8 aromatic carbocycles. The molecule has 0 unspecified atom stereocenters. The SMILES string of the molecule is c1ccc(-c2nc3ccccc3c3cc4c5ccccc5n(-c5cccc(-c6cc7ccccc7c7ccccc67)c5)c4cc23)cc1. The van der Waals surface area contributed by atoms with Gasteiger partial charge in [-0.3, -0.25) is 0 Å². The molecule has 2 heterocycles. The van der Waals surface area contributed by atoms with Crippen molar-refractivity contribution in [2.75, 3.05) is 0 Å². The van der Waals surface area contributed by atoms with E-state index in [1.807, 2.05) is 0 Å². The number of nitrogens with zero attached hydrogens (tertiary/aromatic N) is 2. The minimum absolute atomic E-state index is 1.01. The molecule has 2 heteroatoms. The molecular weight excluding hydrogens is 569 g/mol. The number of rotatable bonds is 3. The van der Waals surface area contributed by atoms with Crippen LogP contribution in [0.1, 0.15) is 0 Å². The van der Waals surface area contributed by atoms with Gasteiger partial charge in [0, 0.05) is 32.8 Å². The number of hydrogen-bond acceptors (Lipinski definition) is 1. The lowest BCUT2D eigenvalue weighted by molar-refractivity contribution is 1.18. The highest BCUT2D eigenvalue weighted by Gasteiger charge is 2.18. The maximum absolute atomic E-state index is 5.24. The molecule has 0 spiro atoms. The molecule has 0 aliphatic heterocycles. The first-order chi connectivity index (χ1) is 23.3. The van der Waals surface area contributed by atoms with Gasteiger partial charge in [0.25, 0.3) is 0 Å². The first-order valence-electron chi connectivity index (χ1n) is 16.1. The van der Waals surface area contributed by atoms with E-state index in [0.717, 1.165) is 27.8 Å². The number of aromatic nitrogens is 2. The Morgan fingerprint density at radius 3 is 1.91 bits per heavy atom. The summed E-state index contributed by atoms with van der Waals surface area (Å²) >= 11 is 0. The third-order valence-corrected chi connectivity index (χ3v) is 9.72. The van der Waals surface area contributed by atoms with Gasteiger partial charge in [-0.15, -0.1) is 0 Å². The van der Waals surface area contributed by atoms with Gasteiger partial charge >= 0.3 is 0 Å². The first-order valence-corrected chi connectivity index (χ1v) is 16.1. The fraction of sp³-hybridized carbons (Fsp3) is 0. The summed E-state index contributed by atoms with van der Waals surface area (Å²) in [6.07, 6.45) is 0. The van der Waals surface area contributed by atoms with Crippen molar-refractivity contribution in [1.29, 1.82) is 0 Å². The van der Waals surface area contributed by atoms with Gasteiger partial charge in [0.15, 0.2) is 0 Å². The normalized spacial score (nSPS) is 11.8. The third kappa shape index (κ3) is 3.95. The topological polar surface area (TPSA) is 17.8 Å². The van der Waals surface area contributed by atoms with Crippen LogP contribution in [0.2, 0.25) is 0 Å². The Bertz CT molecular complexity index is 2840. The Morgan fingerprint density at radius 1 is 0.362 bits per heavy atom. The first kappa shape index (κ1) is 26.0. The smallest absolute Gasteiger partial charge is 0.0788 e. The fourth-order valence-corrected chi connectivity index (χ4v) is 7.61. The summed E-state index contributed by atoms with van der Waals surface area (Å²) in [5, 5.41) is 11.1. The van der Waals surface area contributed by atoms with Gasteiger partial charge < -0.3 is 4.57 Å². The second-order valence-electron chi connectivity index (χ2n) is 12.4. The number of benzene rings is 8. The maximum atomic E-state index is 5.24. The maximum Gasteiger partial charge on any atom is 0.0788 e. The molecule has 47 heavy (non-hydrogen) atoms. The molecular formula is C45H28N2. The molecule has 2 nitrogen and oxygen atoms in total. The van der Waals surface area contributed by atoms with Crippen LogP contribution in [0.15, 0.2) is 170 Å². The van der Waals surface area contributed by atoms with Crippen LogP contribution in [0.25, 0.3) is 93.1 Å². The van der Waals surface area contributed by atoms with E-state index in [4.69, 9.17) is 4.98 Å². The molecule has 0 amide bonds. The summed E-state index contributed by atoms with van der Waals surface area (Å²) in [6, 6.07) is 61.5. The van der Waals surface area contributed by atoms with Crippen LogP contribution in [0.5, 0.6) is 0 Å². The zero-order valence-electron chi connectivity index (χ0n) is 25.6. The molecule has 0 fully saturated rings. The van der Waals surface area contributed by atoms with E-state index in [9.17, 15) is 0 Å². The second kappa shape index (κ2) is 10.1. The largest absolute Gasteiger partial charge is 0.309 e. The van der Waals surface area contributed by atoms with E-state index in [1.165, 1.54) is 65.3 Å². The van der Waals surface area contributed by atoms with Crippen molar-refractivity contribution in [3.63, 3.8) is 0 Å². The number of pyridine rings is 1. The predicted octanol–water partition coefficient (Wildman–Crippen LogP) is 12.1. The van der Waals surface area contributed by atoms with Crippen molar-refractivity contribution < 1.29 is 0 Å². The minimum Gasteiger partial charge on any atom is -0.309 e. The van der Waals surface area contributed by atoms with E-state index < -0.39 is 0 Å². The predicted molar refractivity (Wildman–Crippen MR) is 199 cm³/mol. The van der Waals surface area contributed by atoms with E-state index in [1.54, 1.807) is 0 Å². The van der Waals surface area contributed by atoms with Crippen LogP contribution in [0.4, 0.5) is 0 Å². The van der Waals surface area contributed by atoms with Crippen LogP contribution in [0.3, 0.4) is 0 Å². The monoisotopic (exact) mass is 596 g/mol. The molecule has 0 saturated carbocycles. The highest BCUT2D eigenvalue weighted by Crippen LogP contribution is 2.41. The summed E-state index contributed by atoms with van der Waals surface area (Å²) in [7, 11) is 0. The highest BCUT2D eigenvalue weighted by molar-refractivity contribution is 6.20. The van der Waals surface area contributed by atoms with Crippen LogP contribution >= 0.6 is 0 Å². The van der Waals surface area contributed by atoms with Crippen molar-refractivity contribution in [2.24, 2.45) is 0 Å². The third-order valence-electron chi connectivity index (χ3n) is 9.72. The van der Waals surface area contributed by atoms with E-state index in [2.05, 4.69) is 174 Å². The molecule has 10 aromatic rings. The Labute approximate surface area is 271 Å². The summed E-state index contributed by atoms with van der Waals surface area (Å²) in [5.41, 5.74) is 9.09. The van der Waals surface area contributed by atoms with Gasteiger partial charge in [-0.1, -0.05) is 127 Å². The van der Waals surface area contributed by atoms with E-state index >= 15 is 0 Å². The number of hydrogen-bond donors (Lipinski definition) is 0. The van der Waals surface area contributed by atoms with Crippen LogP contribution in [0, 0.1) is 0 Å². The average Bonchev–Trinajstić information content (AvgIpc) is 3.47. The zero-order valence-corrected chi connectivity index (χ0v) is 25.6. The van der Waals surface area contributed by atoms with Crippen LogP contribution in [-0.2, 0) is 0 Å². The highest BCUT2D eigenvalue weighted by atomic mass is 15.0. The molecule has 0 atom stereocenters. The Hall–Kier alpha value is -6.25. The lowest BCUT2D eigenvalue weighted by Gasteiger charge is -2.14. The molecule has 0 radical (unpaired) electrons. The molecule has 0 saturated heterocycles. The molecule has 0 aliphatic rings. The molecule has 0 N–H and O–H groups in total. The summed E-state index contributed by atoms with van der Waals surface area (Å²) < 4.78 is 2.43. The van der Waals surface area contributed by atoms with Gasteiger partial charge in [-0.25, -0.2) is 4.98 Å². The molecule has 0 aliphatic carbocycles. The summed E-state index contributed by atoms with van der Waals surface area (Å²) in [4.78, 5) is 5.24. The van der Waals surface area contributed by atoms with Crippen molar-refractivity contribution in [3.05, 3.63) is 170 Å². The summed E-state index contributed by atoms with van der Waals surface area (Å²) in [5.74, 6) is 0. The van der Waals surface area contributed by atoms with E-state index in [0.29, 0.717) is 0 Å². The van der Waals surface area contributed by atoms with Crippen LogP contribution < -0.4 is 0 Å². The molecule has 2 aromatic heterocycles. The standard InChI is InChI=1S/C45H28N2/c1-2-13-29(14-3-1)45-41-28-44-40(27-39(41)36-21-8-10-23-42(36)46-45)37-22-9-11-24-43(37)47(44)32-17-12-16-30(25-32)38-26-31-15-4-5-18-33(31)34-19-6-7-20-35(34)38/h1-28H. The number of fused-ring (bicyclic) bond motifs is 9. The van der Waals surface area contributed by atoms with Gasteiger partial charge in [-0.05, 0) is 80.5 Å². The van der Waals surface area contributed by atoms with Crippen molar-refractivity contribution in [2.45, 2.75) is 0 Å². The second-order valence-corrected chi connectivity index (χ2v) is 12.4. The molecule has 10 rings (SSSR count). The van der Waals surface area contributed by atoms with Gasteiger partial charge in [0.2, 0.25) is 0 Å². The van der Waals surface area contributed by atoms with Gasteiger partial charge in [0.05, 0.1) is 22.2 Å². The lowest BCUT2D eigenvalue weighted by atomic mass is 9.93. The molecule has 218 valence electrons. The summed E-state index contributed by atoms with van der Waals surface area (Å²) in [6.45, 7) is 0. The van der Waals surface area contributed by atoms with Gasteiger partial charge in [-0.2, -0.15) is 0 Å². The Morgan fingerprint density at radius 2 is 1.04 bits per heavy atom. The Balaban J connectivity index is 1.29. The zero-order chi connectivity index (χ0) is 30.9.